The highest BCUT2D eigenvalue weighted by atomic mass is 16.8. The molecule has 0 saturated carbocycles. The molecule has 17 unspecified atom stereocenters. The molecule has 12 N–H and O–H groups in total. The summed E-state index contributed by atoms with van der Waals surface area (Å²) < 4.78 is 34.6. The minimum atomic E-state index is -1.97. The zero-order chi connectivity index (χ0) is 79.5. The number of hydrogen-bond donors (Lipinski definition) is 12. The quantitative estimate of drug-likeness (QED) is 0.0199. The molecule has 646 valence electrons. The summed E-state index contributed by atoms with van der Waals surface area (Å²) in [6.07, 6.45) is 65.2. The van der Waals surface area contributed by atoms with Gasteiger partial charge in [-0.1, -0.05) is 383 Å². The molecule has 3 fully saturated rings. The Labute approximate surface area is 669 Å². The van der Waals surface area contributed by atoms with Crippen molar-refractivity contribution < 1.29 is 89.4 Å². The molecule has 0 spiro atoms. The van der Waals surface area contributed by atoms with Gasteiger partial charge in [0.05, 0.1) is 38.6 Å². The van der Waals surface area contributed by atoms with E-state index in [2.05, 4.69) is 67.8 Å². The van der Waals surface area contributed by atoms with Crippen molar-refractivity contribution in [1.29, 1.82) is 0 Å². The molecule has 0 aromatic heterocycles. The summed E-state index contributed by atoms with van der Waals surface area (Å²) in [4.78, 5) is 13.5. The molecular formula is C91H169NO18. The van der Waals surface area contributed by atoms with Gasteiger partial charge in [-0.05, 0) is 51.4 Å². The van der Waals surface area contributed by atoms with E-state index in [4.69, 9.17) is 28.4 Å². The van der Waals surface area contributed by atoms with Gasteiger partial charge in [0.1, 0.15) is 73.2 Å². The van der Waals surface area contributed by atoms with Crippen LogP contribution in [0.5, 0.6) is 0 Å². The Hall–Kier alpha value is -2.25. The molecular weight excluding hydrogens is 1390 g/mol. The average Bonchev–Trinajstić information content (AvgIpc) is 0.780. The molecule has 3 heterocycles. The summed E-state index contributed by atoms with van der Waals surface area (Å²) >= 11 is 0. The van der Waals surface area contributed by atoms with E-state index in [9.17, 15) is 61.0 Å². The van der Waals surface area contributed by atoms with E-state index in [1.54, 1.807) is 0 Å². The fourth-order valence-electron chi connectivity index (χ4n) is 15.7. The van der Waals surface area contributed by atoms with Crippen LogP contribution < -0.4 is 5.32 Å². The predicted molar refractivity (Wildman–Crippen MR) is 443 cm³/mol. The standard InChI is InChI=1S/C91H169NO18/c1-3-5-7-9-11-13-15-17-19-21-23-25-27-29-31-32-33-34-35-36-37-38-39-40-41-42-43-45-47-49-51-53-55-57-59-61-63-65-67-69-79(97)92-74(75(96)68-66-64-62-60-58-56-54-52-50-48-46-44-30-28-26-24-22-20-18-16-14-12-10-8-6-4-2)73-105-89-85(103)82(100)87(77(71-94)107-89)110-91-86(104)83(101)88(78(72-95)108-91)109-90-84(102)81(99)80(98)76(70-93)106-90/h5,7,11,13,17,19,23,25,74-78,80-91,93-96,98-104H,3-4,6,8-10,12,14-16,18,20-22,24,26-73H2,1-2H3,(H,92,97)/b7-5-,13-11-,19-17-,25-23-. The normalized spacial score (nSPS) is 25.3. The molecule has 0 aromatic carbocycles. The first kappa shape index (κ1) is 102. The van der Waals surface area contributed by atoms with Crippen LogP contribution in [0, 0.1) is 0 Å². The number of hydrogen-bond acceptors (Lipinski definition) is 18. The summed E-state index contributed by atoms with van der Waals surface area (Å²) in [5.74, 6) is -0.234. The van der Waals surface area contributed by atoms with E-state index in [0.717, 1.165) is 70.6 Å². The monoisotopic (exact) mass is 1560 g/mol. The number of unbranched alkanes of at least 4 members (excludes halogenated alkanes) is 51. The highest BCUT2D eigenvalue weighted by Crippen LogP contribution is 2.34. The first-order chi connectivity index (χ1) is 53.8. The van der Waals surface area contributed by atoms with E-state index in [-0.39, 0.29) is 18.9 Å². The van der Waals surface area contributed by atoms with Crippen molar-refractivity contribution in [3.8, 4) is 0 Å². The smallest absolute Gasteiger partial charge is 0.220 e. The number of ether oxygens (including phenoxy) is 6. The lowest BCUT2D eigenvalue weighted by molar-refractivity contribution is -0.379. The Morgan fingerprint density at radius 3 is 0.982 bits per heavy atom. The Morgan fingerprint density at radius 2 is 0.627 bits per heavy atom. The second kappa shape index (κ2) is 70.9. The Kier molecular flexibility index (Phi) is 65.7. The summed E-state index contributed by atoms with van der Waals surface area (Å²) in [6.45, 7) is 1.76. The number of nitrogens with one attached hydrogen (secondary N) is 1. The van der Waals surface area contributed by atoms with Crippen LogP contribution in [0.4, 0.5) is 0 Å². The average molecular weight is 1570 g/mol. The van der Waals surface area contributed by atoms with Crippen LogP contribution in [-0.4, -0.2) is 193 Å². The molecule has 3 rings (SSSR count). The van der Waals surface area contributed by atoms with Crippen LogP contribution in [-0.2, 0) is 33.2 Å². The van der Waals surface area contributed by atoms with Crippen molar-refractivity contribution in [2.24, 2.45) is 0 Å². The third-order valence-electron chi connectivity index (χ3n) is 22.9. The number of allylic oxidation sites excluding steroid dienone is 8. The number of aliphatic hydroxyl groups excluding tert-OH is 11. The fourth-order valence-corrected chi connectivity index (χ4v) is 15.7. The van der Waals surface area contributed by atoms with Gasteiger partial charge >= 0.3 is 0 Å². The van der Waals surface area contributed by atoms with Crippen LogP contribution in [0.2, 0.25) is 0 Å². The topological polar surface area (TPSA) is 307 Å². The van der Waals surface area contributed by atoms with Gasteiger partial charge in [0.25, 0.3) is 0 Å². The molecule has 19 nitrogen and oxygen atoms in total. The fraction of sp³-hybridized carbons (Fsp3) is 0.901. The van der Waals surface area contributed by atoms with Gasteiger partial charge in [0, 0.05) is 6.42 Å². The van der Waals surface area contributed by atoms with E-state index in [1.807, 2.05) is 0 Å². The van der Waals surface area contributed by atoms with Crippen molar-refractivity contribution in [3.05, 3.63) is 48.6 Å². The number of carbonyl (C=O) groups is 1. The van der Waals surface area contributed by atoms with E-state index >= 15 is 0 Å². The first-order valence-electron chi connectivity index (χ1n) is 45.9. The van der Waals surface area contributed by atoms with E-state index in [1.165, 1.54) is 289 Å². The summed E-state index contributed by atoms with van der Waals surface area (Å²) in [6, 6.07) is -0.888. The lowest BCUT2D eigenvalue weighted by atomic mass is 9.96. The van der Waals surface area contributed by atoms with Gasteiger partial charge in [-0.25, -0.2) is 0 Å². The van der Waals surface area contributed by atoms with Crippen molar-refractivity contribution in [3.63, 3.8) is 0 Å². The van der Waals surface area contributed by atoms with Crippen LogP contribution in [0.15, 0.2) is 48.6 Å². The minimum absolute atomic E-state index is 0.234. The molecule has 3 aliphatic rings. The second-order valence-electron chi connectivity index (χ2n) is 32.7. The number of rotatable bonds is 75. The van der Waals surface area contributed by atoms with E-state index in [0.29, 0.717) is 12.8 Å². The zero-order valence-electron chi connectivity index (χ0n) is 69.8. The molecule has 3 aliphatic heterocycles. The molecule has 0 bridgehead atoms. The second-order valence-corrected chi connectivity index (χ2v) is 32.7. The lowest BCUT2D eigenvalue weighted by Gasteiger charge is -2.48. The molecule has 1 amide bonds. The Bertz CT molecular complexity index is 2170. The maximum absolute atomic E-state index is 13.5. The van der Waals surface area contributed by atoms with E-state index < -0.39 is 124 Å². The van der Waals surface area contributed by atoms with Gasteiger partial charge in [-0.2, -0.15) is 0 Å². The molecule has 0 aliphatic carbocycles. The van der Waals surface area contributed by atoms with Gasteiger partial charge in [-0.15, -0.1) is 0 Å². The molecule has 110 heavy (non-hydrogen) atoms. The summed E-state index contributed by atoms with van der Waals surface area (Å²) in [7, 11) is 0. The van der Waals surface area contributed by atoms with Crippen molar-refractivity contribution >= 4 is 5.91 Å². The third kappa shape index (κ3) is 49.1. The lowest BCUT2D eigenvalue weighted by Crippen LogP contribution is -2.66. The summed E-state index contributed by atoms with van der Waals surface area (Å²) in [5.41, 5.74) is 0. The van der Waals surface area contributed by atoms with Crippen LogP contribution in [0.3, 0.4) is 0 Å². The van der Waals surface area contributed by atoms with Gasteiger partial charge in [0.2, 0.25) is 5.91 Å². The van der Waals surface area contributed by atoms with Crippen LogP contribution in [0.25, 0.3) is 0 Å². The van der Waals surface area contributed by atoms with Crippen LogP contribution in [0.1, 0.15) is 393 Å². The molecule has 0 radical (unpaired) electrons. The molecule has 17 atom stereocenters. The SMILES string of the molecule is CC/C=C\C/C=C\C/C=C\C/C=C\CCCCCCCCCCCCCCCCCCCCCCCCCCCCC(=O)NC(COC1OC(CO)C(OC2OC(CO)C(OC3OC(CO)C(O)C(O)C3O)C(O)C2O)C(O)C1O)C(O)CCCCCCCCCCCCCCCCCCCCCCCCCCCC. The minimum Gasteiger partial charge on any atom is -0.394 e. The highest BCUT2D eigenvalue weighted by molar-refractivity contribution is 5.76. The van der Waals surface area contributed by atoms with Crippen molar-refractivity contribution in [1.82, 2.24) is 5.32 Å². The number of amides is 1. The summed E-state index contributed by atoms with van der Waals surface area (Å²) in [5, 5.41) is 121. The first-order valence-corrected chi connectivity index (χ1v) is 45.9. The molecule has 19 heteroatoms. The predicted octanol–water partition coefficient (Wildman–Crippen LogP) is 17.6. The highest BCUT2D eigenvalue weighted by Gasteiger charge is 2.54. The van der Waals surface area contributed by atoms with Gasteiger partial charge < -0.3 is 89.9 Å². The maximum atomic E-state index is 13.5. The largest absolute Gasteiger partial charge is 0.394 e. The molecule has 0 aromatic rings. The van der Waals surface area contributed by atoms with Crippen LogP contribution >= 0.6 is 0 Å². The van der Waals surface area contributed by atoms with Gasteiger partial charge in [0.15, 0.2) is 18.9 Å². The molecule has 3 saturated heterocycles. The van der Waals surface area contributed by atoms with Crippen molar-refractivity contribution in [2.45, 2.75) is 497 Å². The Balaban J connectivity index is 1.29. The number of carbonyl (C=O) groups excluding carboxylic acids is 1. The maximum Gasteiger partial charge on any atom is 0.220 e. The number of aliphatic hydroxyl groups is 11. The Morgan fingerprint density at radius 1 is 0.336 bits per heavy atom. The van der Waals surface area contributed by atoms with Crippen molar-refractivity contribution in [2.75, 3.05) is 26.4 Å². The zero-order valence-corrected chi connectivity index (χ0v) is 69.8. The van der Waals surface area contributed by atoms with Gasteiger partial charge in [-0.3, -0.25) is 4.79 Å². The third-order valence-corrected chi connectivity index (χ3v) is 22.9.